The van der Waals surface area contributed by atoms with Crippen molar-refractivity contribution in [3.63, 3.8) is 0 Å². The van der Waals surface area contributed by atoms with Crippen molar-refractivity contribution in [3.05, 3.63) is 17.0 Å². The van der Waals surface area contributed by atoms with Gasteiger partial charge in [0, 0.05) is 29.3 Å². The average Bonchev–Trinajstić information content (AvgIpc) is 2.52. The Hall–Kier alpha value is -0.480. The van der Waals surface area contributed by atoms with Crippen molar-refractivity contribution in [2.24, 2.45) is 7.05 Å². The summed E-state index contributed by atoms with van der Waals surface area (Å²) in [6.45, 7) is 14.3. The monoisotopic (exact) mass is 283 g/mol. The highest BCUT2D eigenvalue weighted by Crippen LogP contribution is 2.23. The predicted molar refractivity (Wildman–Crippen MR) is 86.1 cm³/mol. The molecule has 0 saturated carbocycles. The van der Waals surface area contributed by atoms with Crippen molar-refractivity contribution in [2.75, 3.05) is 12.3 Å². The van der Waals surface area contributed by atoms with Gasteiger partial charge in [0.05, 0.1) is 5.69 Å². The van der Waals surface area contributed by atoms with E-state index in [1.54, 1.807) is 0 Å². The van der Waals surface area contributed by atoms with Crippen LogP contribution in [0.4, 0.5) is 0 Å². The summed E-state index contributed by atoms with van der Waals surface area (Å²) in [6.07, 6.45) is 1.07. The summed E-state index contributed by atoms with van der Waals surface area (Å²) in [4.78, 5) is 0. The number of hydrogen-bond acceptors (Lipinski definition) is 3. The molecule has 0 spiro atoms. The zero-order valence-corrected chi connectivity index (χ0v) is 14.3. The minimum Gasteiger partial charge on any atom is -0.313 e. The Morgan fingerprint density at radius 3 is 2.42 bits per heavy atom. The number of aromatic nitrogens is 2. The zero-order valence-electron chi connectivity index (χ0n) is 13.5. The third kappa shape index (κ3) is 5.57. The molecule has 0 aromatic carbocycles. The lowest BCUT2D eigenvalue weighted by Gasteiger charge is -2.21. The Bertz CT molecular complexity index is 404. The molecule has 0 unspecified atom stereocenters. The van der Waals surface area contributed by atoms with E-state index >= 15 is 0 Å². The third-order valence-electron chi connectivity index (χ3n) is 3.29. The first-order valence-electron chi connectivity index (χ1n) is 7.07. The van der Waals surface area contributed by atoms with Gasteiger partial charge in [-0.25, -0.2) is 0 Å². The maximum atomic E-state index is 4.46. The first kappa shape index (κ1) is 16.6. The second kappa shape index (κ2) is 6.80. The van der Waals surface area contributed by atoms with Crippen LogP contribution in [0, 0.1) is 13.8 Å². The second-order valence-corrected chi connectivity index (χ2v) is 8.15. The first-order chi connectivity index (χ1) is 8.70. The lowest BCUT2D eigenvalue weighted by atomic mass is 10.1. The Labute approximate surface area is 122 Å². The lowest BCUT2D eigenvalue weighted by molar-refractivity contribution is 0.593. The summed E-state index contributed by atoms with van der Waals surface area (Å²) in [5.41, 5.74) is 3.85. The van der Waals surface area contributed by atoms with Crippen LogP contribution in [-0.4, -0.2) is 32.9 Å². The molecule has 1 aromatic heterocycles. The van der Waals surface area contributed by atoms with Crippen molar-refractivity contribution in [1.29, 1.82) is 0 Å². The Morgan fingerprint density at radius 1 is 1.32 bits per heavy atom. The van der Waals surface area contributed by atoms with Gasteiger partial charge in [-0.15, -0.1) is 0 Å². The van der Waals surface area contributed by atoms with Gasteiger partial charge in [0.15, 0.2) is 0 Å². The van der Waals surface area contributed by atoms with E-state index in [0.717, 1.165) is 18.7 Å². The van der Waals surface area contributed by atoms with Gasteiger partial charge in [0.1, 0.15) is 0 Å². The van der Waals surface area contributed by atoms with E-state index < -0.39 is 0 Å². The normalized spacial score (nSPS) is 13.8. The number of rotatable bonds is 6. The van der Waals surface area contributed by atoms with Gasteiger partial charge in [0.25, 0.3) is 0 Å². The van der Waals surface area contributed by atoms with Gasteiger partial charge >= 0.3 is 0 Å². The SMILES string of the molecule is Cc1nn(C)c(C)c1CCN[C@@H](C)CSC(C)(C)C. The second-order valence-electron chi connectivity index (χ2n) is 6.30. The molecule has 4 heteroatoms. The standard InChI is InChI=1S/C15H29N3S/c1-11(10-19-15(4,5)6)16-9-8-14-12(2)17-18(7)13(14)3/h11,16H,8-10H2,1-7H3/t11-/m0/s1. The molecule has 0 aliphatic rings. The van der Waals surface area contributed by atoms with Crippen LogP contribution < -0.4 is 5.32 Å². The van der Waals surface area contributed by atoms with Crippen molar-refractivity contribution >= 4 is 11.8 Å². The summed E-state index contributed by atoms with van der Waals surface area (Å²) in [6, 6.07) is 0.557. The Balaban J connectivity index is 2.34. The first-order valence-corrected chi connectivity index (χ1v) is 8.05. The molecule has 0 bridgehead atoms. The molecule has 1 N–H and O–H groups in total. The van der Waals surface area contributed by atoms with Crippen molar-refractivity contribution in [2.45, 2.75) is 58.8 Å². The smallest absolute Gasteiger partial charge is 0.0628 e. The minimum absolute atomic E-state index is 0.354. The molecule has 110 valence electrons. The maximum absolute atomic E-state index is 4.46. The maximum Gasteiger partial charge on any atom is 0.0628 e. The minimum atomic E-state index is 0.354. The summed E-state index contributed by atoms with van der Waals surface area (Å²) in [5.74, 6) is 1.16. The summed E-state index contributed by atoms with van der Waals surface area (Å²) < 4.78 is 2.33. The third-order valence-corrected chi connectivity index (χ3v) is 4.83. The highest BCUT2D eigenvalue weighted by Gasteiger charge is 2.13. The van der Waals surface area contributed by atoms with Crippen LogP contribution in [0.5, 0.6) is 0 Å². The molecule has 0 saturated heterocycles. The fourth-order valence-corrected chi connectivity index (χ4v) is 2.92. The molecular formula is C15H29N3S. The molecule has 0 fully saturated rings. The summed E-state index contributed by atoms with van der Waals surface area (Å²) >= 11 is 2.02. The fraction of sp³-hybridized carbons (Fsp3) is 0.800. The number of nitrogens with zero attached hydrogens (tertiary/aromatic N) is 2. The summed E-state index contributed by atoms with van der Waals surface area (Å²) in [7, 11) is 2.02. The zero-order chi connectivity index (χ0) is 14.6. The van der Waals surface area contributed by atoms with E-state index in [0.29, 0.717) is 10.8 Å². The number of thioether (sulfide) groups is 1. The van der Waals surface area contributed by atoms with Gasteiger partial charge < -0.3 is 5.32 Å². The van der Waals surface area contributed by atoms with Crippen molar-refractivity contribution in [1.82, 2.24) is 15.1 Å². The highest BCUT2D eigenvalue weighted by atomic mass is 32.2. The van der Waals surface area contributed by atoms with Crippen LogP contribution in [0.1, 0.15) is 44.6 Å². The molecule has 0 aliphatic heterocycles. The Kier molecular flexibility index (Phi) is 5.93. The number of nitrogens with one attached hydrogen (secondary N) is 1. The van der Waals surface area contributed by atoms with Crippen LogP contribution >= 0.6 is 11.8 Å². The summed E-state index contributed by atoms with van der Waals surface area (Å²) in [5, 5.41) is 8.07. The van der Waals surface area contributed by atoms with E-state index in [1.165, 1.54) is 17.0 Å². The van der Waals surface area contributed by atoms with Crippen LogP contribution in [0.2, 0.25) is 0 Å². The molecule has 1 atom stereocenters. The number of hydrogen-bond donors (Lipinski definition) is 1. The lowest BCUT2D eigenvalue weighted by Crippen LogP contribution is -2.31. The van der Waals surface area contributed by atoms with E-state index in [4.69, 9.17) is 0 Å². The predicted octanol–water partition coefficient (Wildman–Crippen LogP) is 3.09. The molecule has 0 aliphatic carbocycles. The van der Waals surface area contributed by atoms with Gasteiger partial charge in [-0.05, 0) is 39.3 Å². The molecule has 3 nitrogen and oxygen atoms in total. The van der Waals surface area contributed by atoms with E-state index in [-0.39, 0.29) is 0 Å². The van der Waals surface area contributed by atoms with Crippen LogP contribution in [0.15, 0.2) is 0 Å². The number of aryl methyl sites for hydroxylation is 2. The van der Waals surface area contributed by atoms with E-state index in [2.05, 4.69) is 52.0 Å². The molecule has 0 amide bonds. The topological polar surface area (TPSA) is 29.9 Å². The van der Waals surface area contributed by atoms with Crippen molar-refractivity contribution < 1.29 is 0 Å². The highest BCUT2D eigenvalue weighted by molar-refractivity contribution is 8.00. The van der Waals surface area contributed by atoms with Gasteiger partial charge in [-0.3, -0.25) is 4.68 Å². The van der Waals surface area contributed by atoms with Gasteiger partial charge in [-0.2, -0.15) is 16.9 Å². The van der Waals surface area contributed by atoms with E-state index in [9.17, 15) is 0 Å². The largest absolute Gasteiger partial charge is 0.313 e. The molecule has 0 radical (unpaired) electrons. The molecule has 19 heavy (non-hydrogen) atoms. The Morgan fingerprint density at radius 2 is 1.95 bits per heavy atom. The van der Waals surface area contributed by atoms with E-state index in [1.807, 2.05) is 23.5 Å². The quantitative estimate of drug-likeness (QED) is 0.870. The van der Waals surface area contributed by atoms with Crippen LogP contribution in [0.3, 0.4) is 0 Å². The molecule has 1 heterocycles. The molecule has 1 rings (SSSR count). The van der Waals surface area contributed by atoms with Crippen molar-refractivity contribution in [3.8, 4) is 0 Å². The van der Waals surface area contributed by atoms with Crippen LogP contribution in [0.25, 0.3) is 0 Å². The fourth-order valence-electron chi connectivity index (χ4n) is 2.06. The average molecular weight is 283 g/mol. The molecule has 1 aromatic rings. The van der Waals surface area contributed by atoms with Crippen LogP contribution in [-0.2, 0) is 13.5 Å². The van der Waals surface area contributed by atoms with Gasteiger partial charge in [-0.1, -0.05) is 20.8 Å². The van der Waals surface area contributed by atoms with Gasteiger partial charge in [0.2, 0.25) is 0 Å². The molecular weight excluding hydrogens is 254 g/mol.